The van der Waals surface area contributed by atoms with Gasteiger partial charge in [0.05, 0.1) is 5.69 Å². The fourth-order valence-corrected chi connectivity index (χ4v) is 2.66. The van der Waals surface area contributed by atoms with Crippen molar-refractivity contribution in [1.82, 2.24) is 14.8 Å². The molecule has 18 heavy (non-hydrogen) atoms. The third-order valence-corrected chi connectivity index (χ3v) is 3.55. The van der Waals surface area contributed by atoms with Gasteiger partial charge in [0.15, 0.2) is 0 Å². The molecule has 0 saturated carbocycles. The van der Waals surface area contributed by atoms with Crippen molar-refractivity contribution in [3.05, 3.63) is 23.9 Å². The molecule has 0 radical (unpaired) electrons. The van der Waals surface area contributed by atoms with Crippen molar-refractivity contribution in [2.45, 2.75) is 13.0 Å². The average Bonchev–Trinajstić information content (AvgIpc) is 2.74. The highest BCUT2D eigenvalue weighted by Crippen LogP contribution is 2.16. The molecule has 1 aromatic rings. The van der Waals surface area contributed by atoms with Crippen molar-refractivity contribution in [2.75, 3.05) is 46.1 Å². The number of rotatable bonds is 5. The van der Waals surface area contributed by atoms with E-state index in [4.69, 9.17) is 0 Å². The number of anilines is 1. The minimum Gasteiger partial charge on any atom is -0.373 e. The van der Waals surface area contributed by atoms with Gasteiger partial charge in [0.25, 0.3) is 0 Å². The molecule has 0 aromatic carbocycles. The Morgan fingerprint density at radius 3 is 3.00 bits per heavy atom. The number of aromatic nitrogens is 1. The van der Waals surface area contributed by atoms with Crippen LogP contribution < -0.4 is 5.32 Å². The quantitative estimate of drug-likeness (QED) is 0.856. The van der Waals surface area contributed by atoms with Gasteiger partial charge in [-0.15, -0.1) is 0 Å². The number of hydrogen-bond donors (Lipinski definition) is 1. The molecule has 4 heteroatoms. The molecule has 1 aromatic heterocycles. The van der Waals surface area contributed by atoms with Crippen LogP contribution in [0.3, 0.4) is 0 Å². The number of nitrogens with zero attached hydrogens (tertiary/aromatic N) is 3. The fourth-order valence-electron chi connectivity index (χ4n) is 2.66. The Morgan fingerprint density at radius 1 is 1.50 bits per heavy atom. The molecule has 1 aliphatic rings. The van der Waals surface area contributed by atoms with E-state index in [1.54, 1.807) is 0 Å². The van der Waals surface area contributed by atoms with Gasteiger partial charge in [-0.3, -0.25) is 0 Å². The first-order chi connectivity index (χ1) is 8.67. The summed E-state index contributed by atoms with van der Waals surface area (Å²) in [6.07, 6.45) is 1.32. The molecule has 100 valence electrons. The summed E-state index contributed by atoms with van der Waals surface area (Å²) in [6, 6.07) is 6.15. The lowest BCUT2D eigenvalue weighted by atomic mass is 10.1. The lowest BCUT2D eigenvalue weighted by Gasteiger charge is -2.20. The van der Waals surface area contributed by atoms with Gasteiger partial charge in [-0.05, 0) is 45.1 Å². The Morgan fingerprint density at radius 2 is 2.33 bits per heavy atom. The maximum Gasteiger partial charge on any atom is 0.126 e. The van der Waals surface area contributed by atoms with Crippen LogP contribution in [0.4, 0.5) is 5.82 Å². The third kappa shape index (κ3) is 3.68. The van der Waals surface area contributed by atoms with Gasteiger partial charge in [-0.2, -0.15) is 0 Å². The zero-order valence-electron chi connectivity index (χ0n) is 11.7. The van der Waals surface area contributed by atoms with Crippen LogP contribution in [-0.2, 0) is 6.54 Å². The highest BCUT2D eigenvalue weighted by molar-refractivity contribution is 5.34. The molecule has 1 fully saturated rings. The van der Waals surface area contributed by atoms with Crippen LogP contribution in [0, 0.1) is 5.92 Å². The zero-order chi connectivity index (χ0) is 13.0. The van der Waals surface area contributed by atoms with E-state index in [2.05, 4.69) is 46.3 Å². The summed E-state index contributed by atoms with van der Waals surface area (Å²) in [4.78, 5) is 9.35. The second kappa shape index (κ2) is 6.16. The summed E-state index contributed by atoms with van der Waals surface area (Å²) in [7, 11) is 6.30. The van der Waals surface area contributed by atoms with Crippen molar-refractivity contribution in [1.29, 1.82) is 0 Å². The van der Waals surface area contributed by atoms with E-state index in [1.807, 2.05) is 13.1 Å². The summed E-state index contributed by atoms with van der Waals surface area (Å²) < 4.78 is 0. The van der Waals surface area contributed by atoms with E-state index in [0.717, 1.165) is 30.5 Å². The van der Waals surface area contributed by atoms with Crippen LogP contribution in [0.25, 0.3) is 0 Å². The first-order valence-electron chi connectivity index (χ1n) is 6.68. The Bertz CT molecular complexity index is 380. The van der Waals surface area contributed by atoms with Crippen molar-refractivity contribution in [3.63, 3.8) is 0 Å². The van der Waals surface area contributed by atoms with Crippen molar-refractivity contribution >= 4 is 5.82 Å². The largest absolute Gasteiger partial charge is 0.373 e. The molecule has 1 atom stereocenters. The van der Waals surface area contributed by atoms with Crippen LogP contribution in [0.5, 0.6) is 0 Å². The Hall–Kier alpha value is -1.13. The molecular formula is C14H24N4. The maximum atomic E-state index is 4.56. The topological polar surface area (TPSA) is 31.4 Å². The Labute approximate surface area is 110 Å². The minimum atomic E-state index is 0.812. The van der Waals surface area contributed by atoms with Crippen LogP contribution in [-0.4, -0.2) is 55.6 Å². The molecule has 2 heterocycles. The van der Waals surface area contributed by atoms with Gasteiger partial charge in [0.1, 0.15) is 5.82 Å². The van der Waals surface area contributed by atoms with Crippen LogP contribution in [0.2, 0.25) is 0 Å². The van der Waals surface area contributed by atoms with Gasteiger partial charge in [-0.1, -0.05) is 6.07 Å². The molecular weight excluding hydrogens is 224 g/mol. The van der Waals surface area contributed by atoms with E-state index in [0.29, 0.717) is 0 Å². The minimum absolute atomic E-state index is 0.812. The molecule has 1 N–H and O–H groups in total. The fraction of sp³-hybridized carbons (Fsp3) is 0.643. The van der Waals surface area contributed by atoms with E-state index in [9.17, 15) is 0 Å². The number of likely N-dealkylation sites (tertiary alicyclic amines) is 1. The van der Waals surface area contributed by atoms with Crippen molar-refractivity contribution in [3.8, 4) is 0 Å². The van der Waals surface area contributed by atoms with Crippen molar-refractivity contribution in [2.24, 2.45) is 5.92 Å². The smallest absolute Gasteiger partial charge is 0.126 e. The molecule has 1 saturated heterocycles. The standard InChI is InChI=1S/C14H24N4/c1-15-14-6-4-5-13(16-14)11-18(3)10-12-7-8-17(2)9-12/h4-6,12H,7-11H2,1-3H3,(H,15,16). The van der Waals surface area contributed by atoms with Crippen LogP contribution in [0.1, 0.15) is 12.1 Å². The number of pyridine rings is 1. The number of hydrogen-bond acceptors (Lipinski definition) is 4. The molecule has 0 amide bonds. The predicted molar refractivity (Wildman–Crippen MR) is 75.7 cm³/mol. The van der Waals surface area contributed by atoms with Gasteiger partial charge < -0.3 is 15.1 Å². The molecule has 4 nitrogen and oxygen atoms in total. The van der Waals surface area contributed by atoms with Gasteiger partial charge in [0, 0.05) is 26.7 Å². The van der Waals surface area contributed by atoms with E-state index < -0.39 is 0 Å². The summed E-state index contributed by atoms with van der Waals surface area (Å²) in [5, 5.41) is 3.08. The highest BCUT2D eigenvalue weighted by Gasteiger charge is 2.20. The second-order valence-electron chi connectivity index (χ2n) is 5.38. The van der Waals surface area contributed by atoms with E-state index >= 15 is 0 Å². The Kier molecular flexibility index (Phi) is 4.55. The van der Waals surface area contributed by atoms with Gasteiger partial charge >= 0.3 is 0 Å². The molecule has 2 rings (SSSR count). The first kappa shape index (κ1) is 13.3. The molecule has 0 spiro atoms. The molecule has 0 bridgehead atoms. The summed E-state index contributed by atoms with van der Waals surface area (Å²) in [5.74, 6) is 1.76. The lowest BCUT2D eigenvalue weighted by molar-refractivity contribution is 0.265. The normalized spacial score (nSPS) is 20.6. The highest BCUT2D eigenvalue weighted by atomic mass is 15.2. The van der Waals surface area contributed by atoms with E-state index in [1.165, 1.54) is 19.5 Å². The zero-order valence-corrected chi connectivity index (χ0v) is 11.7. The lowest BCUT2D eigenvalue weighted by Crippen LogP contribution is -2.27. The SMILES string of the molecule is CNc1cccc(CN(C)CC2CCN(C)C2)n1. The predicted octanol–water partition coefficient (Wildman–Crippen LogP) is 1.51. The molecule has 1 unspecified atom stereocenters. The first-order valence-corrected chi connectivity index (χ1v) is 6.68. The Balaban J connectivity index is 1.84. The molecule has 1 aliphatic heterocycles. The van der Waals surface area contributed by atoms with Crippen LogP contribution in [0.15, 0.2) is 18.2 Å². The second-order valence-corrected chi connectivity index (χ2v) is 5.38. The summed E-state index contributed by atoms with van der Waals surface area (Å²) >= 11 is 0. The summed E-state index contributed by atoms with van der Waals surface area (Å²) in [6.45, 7) is 4.56. The third-order valence-electron chi connectivity index (χ3n) is 3.55. The van der Waals surface area contributed by atoms with Gasteiger partial charge in [-0.25, -0.2) is 4.98 Å². The van der Waals surface area contributed by atoms with Crippen molar-refractivity contribution < 1.29 is 0 Å². The van der Waals surface area contributed by atoms with E-state index in [-0.39, 0.29) is 0 Å². The summed E-state index contributed by atoms with van der Waals surface area (Å²) in [5.41, 5.74) is 1.13. The average molecular weight is 248 g/mol. The van der Waals surface area contributed by atoms with Gasteiger partial charge in [0.2, 0.25) is 0 Å². The number of nitrogens with one attached hydrogen (secondary N) is 1. The monoisotopic (exact) mass is 248 g/mol. The van der Waals surface area contributed by atoms with Crippen LogP contribution >= 0.6 is 0 Å². The maximum absolute atomic E-state index is 4.56. The molecule has 0 aliphatic carbocycles.